The minimum Gasteiger partial charge on any atom is -0.496 e. The molecule has 4 nitrogen and oxygen atoms in total. The molecule has 1 aromatic carbocycles. The zero-order valence-corrected chi connectivity index (χ0v) is 12.4. The first-order chi connectivity index (χ1) is 9.59. The summed E-state index contributed by atoms with van der Waals surface area (Å²) in [7, 11) is 1.65. The Morgan fingerprint density at radius 3 is 2.70 bits per heavy atom. The molecule has 110 valence electrons. The van der Waals surface area contributed by atoms with Crippen molar-refractivity contribution < 1.29 is 14.3 Å². The highest BCUT2D eigenvalue weighted by atomic mass is 16.5. The number of esters is 1. The average Bonchev–Trinajstić information content (AvgIpc) is 3.23. The number of ether oxygens (including phenoxy) is 2. The second-order valence-electron chi connectivity index (χ2n) is 5.46. The van der Waals surface area contributed by atoms with Crippen LogP contribution >= 0.6 is 0 Å². The summed E-state index contributed by atoms with van der Waals surface area (Å²) in [6, 6.07) is 8.22. The zero-order valence-electron chi connectivity index (χ0n) is 12.4. The second kappa shape index (κ2) is 6.27. The highest BCUT2D eigenvalue weighted by molar-refractivity contribution is 5.81. The van der Waals surface area contributed by atoms with Crippen LogP contribution in [0.3, 0.4) is 0 Å². The molecule has 0 spiro atoms. The van der Waals surface area contributed by atoms with E-state index in [0.717, 1.165) is 24.2 Å². The molecule has 2 rings (SSSR count). The van der Waals surface area contributed by atoms with E-state index in [4.69, 9.17) is 9.47 Å². The predicted molar refractivity (Wildman–Crippen MR) is 77.9 cm³/mol. The van der Waals surface area contributed by atoms with Crippen LogP contribution in [-0.4, -0.2) is 31.3 Å². The largest absolute Gasteiger partial charge is 0.496 e. The maximum atomic E-state index is 12.3. The van der Waals surface area contributed by atoms with E-state index in [1.165, 1.54) is 0 Å². The van der Waals surface area contributed by atoms with Crippen molar-refractivity contribution in [1.82, 2.24) is 5.32 Å². The van der Waals surface area contributed by atoms with Crippen molar-refractivity contribution in [1.29, 1.82) is 0 Å². The monoisotopic (exact) mass is 277 g/mol. The molecule has 0 aromatic heterocycles. The predicted octanol–water partition coefficient (Wildman–Crippen LogP) is 2.31. The molecule has 1 aromatic rings. The number of nitrogens with one attached hydrogen (secondary N) is 1. The number of rotatable bonds is 7. The van der Waals surface area contributed by atoms with Gasteiger partial charge in [-0.2, -0.15) is 0 Å². The van der Waals surface area contributed by atoms with Gasteiger partial charge in [-0.25, -0.2) is 0 Å². The highest BCUT2D eigenvalue weighted by Gasteiger charge is 2.40. The van der Waals surface area contributed by atoms with Crippen molar-refractivity contribution in [2.45, 2.75) is 44.7 Å². The van der Waals surface area contributed by atoms with Crippen LogP contribution in [0.25, 0.3) is 0 Å². The fourth-order valence-electron chi connectivity index (χ4n) is 2.38. The summed E-state index contributed by atoms with van der Waals surface area (Å²) >= 11 is 0. The summed E-state index contributed by atoms with van der Waals surface area (Å²) in [4.78, 5) is 12.3. The second-order valence-corrected chi connectivity index (χ2v) is 5.46. The maximum Gasteiger partial charge on any atom is 0.326 e. The van der Waals surface area contributed by atoms with Crippen LogP contribution in [0.4, 0.5) is 0 Å². The molecule has 1 fully saturated rings. The van der Waals surface area contributed by atoms with Crippen molar-refractivity contribution in [3.8, 4) is 5.75 Å². The number of benzene rings is 1. The molecule has 1 aliphatic rings. The molecule has 1 unspecified atom stereocenters. The van der Waals surface area contributed by atoms with E-state index >= 15 is 0 Å². The van der Waals surface area contributed by atoms with Crippen LogP contribution in [0.2, 0.25) is 0 Å². The summed E-state index contributed by atoms with van der Waals surface area (Å²) < 4.78 is 10.6. The van der Waals surface area contributed by atoms with Gasteiger partial charge >= 0.3 is 5.97 Å². The lowest BCUT2D eigenvalue weighted by atomic mass is 9.92. The zero-order chi connectivity index (χ0) is 14.6. The van der Waals surface area contributed by atoms with Crippen LogP contribution in [0, 0.1) is 0 Å². The van der Waals surface area contributed by atoms with E-state index in [0.29, 0.717) is 19.1 Å². The molecule has 1 aliphatic carbocycles. The van der Waals surface area contributed by atoms with Gasteiger partial charge in [0.25, 0.3) is 0 Å². The van der Waals surface area contributed by atoms with Crippen molar-refractivity contribution in [3.63, 3.8) is 0 Å². The fourth-order valence-corrected chi connectivity index (χ4v) is 2.38. The van der Waals surface area contributed by atoms with Crippen molar-refractivity contribution in [2.75, 3.05) is 13.7 Å². The summed E-state index contributed by atoms with van der Waals surface area (Å²) in [5.41, 5.74) is 0.310. The van der Waals surface area contributed by atoms with Crippen LogP contribution in [-0.2, 0) is 16.0 Å². The van der Waals surface area contributed by atoms with E-state index in [9.17, 15) is 4.79 Å². The highest BCUT2D eigenvalue weighted by Crippen LogP contribution is 2.28. The third-order valence-corrected chi connectivity index (χ3v) is 3.56. The van der Waals surface area contributed by atoms with Gasteiger partial charge in [0.2, 0.25) is 0 Å². The van der Waals surface area contributed by atoms with Gasteiger partial charge in [0, 0.05) is 12.5 Å². The molecule has 4 heteroatoms. The fraction of sp³-hybridized carbons (Fsp3) is 0.562. The first-order valence-corrected chi connectivity index (χ1v) is 7.16. The van der Waals surface area contributed by atoms with Gasteiger partial charge in [-0.15, -0.1) is 0 Å². The normalized spacial score (nSPS) is 17.4. The van der Waals surface area contributed by atoms with E-state index in [2.05, 4.69) is 5.32 Å². The molecule has 0 saturated heterocycles. The van der Waals surface area contributed by atoms with Gasteiger partial charge in [-0.1, -0.05) is 18.2 Å². The number of carbonyl (C=O) groups is 1. The molecular formula is C16H23NO3. The van der Waals surface area contributed by atoms with Crippen molar-refractivity contribution in [3.05, 3.63) is 29.8 Å². The van der Waals surface area contributed by atoms with E-state index in [1.807, 2.05) is 38.1 Å². The Bertz CT molecular complexity index is 471. The number of hydrogen-bond donors (Lipinski definition) is 1. The summed E-state index contributed by atoms with van der Waals surface area (Å²) in [6.45, 7) is 4.14. The van der Waals surface area contributed by atoms with Gasteiger partial charge in [0.1, 0.15) is 11.3 Å². The Hall–Kier alpha value is -1.55. The Kier molecular flexibility index (Phi) is 4.65. The third kappa shape index (κ3) is 3.51. The topological polar surface area (TPSA) is 47.6 Å². The number of hydrogen-bond acceptors (Lipinski definition) is 4. The number of para-hydroxylation sites is 1. The molecular weight excluding hydrogens is 254 g/mol. The standard InChI is InChI=1S/C16H23NO3/c1-4-20-15(18)16(2,17-13-9-10-13)11-12-7-5-6-8-14(12)19-3/h5-8,13,17H,4,9-11H2,1-3H3. The van der Waals surface area contributed by atoms with Crippen LogP contribution in [0.1, 0.15) is 32.3 Å². The molecule has 1 N–H and O–H groups in total. The Labute approximate surface area is 120 Å². The lowest BCUT2D eigenvalue weighted by molar-refractivity contribution is -0.150. The molecule has 0 amide bonds. The maximum absolute atomic E-state index is 12.3. The molecule has 1 saturated carbocycles. The summed E-state index contributed by atoms with van der Waals surface area (Å²) in [6.07, 6.45) is 2.81. The summed E-state index contributed by atoms with van der Waals surface area (Å²) in [5, 5.41) is 3.42. The van der Waals surface area contributed by atoms with Gasteiger partial charge in [0.15, 0.2) is 0 Å². The average molecular weight is 277 g/mol. The molecule has 0 bridgehead atoms. The van der Waals surface area contributed by atoms with E-state index < -0.39 is 5.54 Å². The van der Waals surface area contributed by atoms with Crippen LogP contribution < -0.4 is 10.1 Å². The molecule has 20 heavy (non-hydrogen) atoms. The molecule has 0 radical (unpaired) electrons. The van der Waals surface area contributed by atoms with Crippen LogP contribution in [0.5, 0.6) is 5.75 Å². The van der Waals surface area contributed by atoms with E-state index in [1.54, 1.807) is 7.11 Å². The molecule has 0 aliphatic heterocycles. The van der Waals surface area contributed by atoms with Gasteiger partial charge in [-0.3, -0.25) is 10.1 Å². The van der Waals surface area contributed by atoms with Crippen molar-refractivity contribution >= 4 is 5.97 Å². The Balaban J connectivity index is 2.19. The lowest BCUT2D eigenvalue weighted by Gasteiger charge is -2.29. The quantitative estimate of drug-likeness (QED) is 0.777. The first kappa shape index (κ1) is 14.9. The number of carbonyl (C=O) groups excluding carboxylic acids is 1. The van der Waals surface area contributed by atoms with Gasteiger partial charge in [0.05, 0.1) is 13.7 Å². The van der Waals surface area contributed by atoms with E-state index in [-0.39, 0.29) is 5.97 Å². The van der Waals surface area contributed by atoms with Gasteiger partial charge in [-0.05, 0) is 38.3 Å². The minimum absolute atomic E-state index is 0.196. The lowest BCUT2D eigenvalue weighted by Crippen LogP contribution is -2.53. The Morgan fingerprint density at radius 1 is 1.40 bits per heavy atom. The third-order valence-electron chi connectivity index (χ3n) is 3.56. The van der Waals surface area contributed by atoms with Gasteiger partial charge < -0.3 is 9.47 Å². The molecule has 1 atom stereocenters. The molecule has 0 heterocycles. The van der Waals surface area contributed by atoms with Crippen LogP contribution in [0.15, 0.2) is 24.3 Å². The Morgan fingerprint density at radius 2 is 2.10 bits per heavy atom. The minimum atomic E-state index is -0.703. The summed E-state index contributed by atoms with van der Waals surface area (Å²) in [5.74, 6) is 0.610. The number of methoxy groups -OCH3 is 1. The van der Waals surface area contributed by atoms with Crippen molar-refractivity contribution in [2.24, 2.45) is 0 Å². The SMILES string of the molecule is CCOC(=O)C(C)(Cc1ccccc1OC)NC1CC1. The first-order valence-electron chi connectivity index (χ1n) is 7.16. The smallest absolute Gasteiger partial charge is 0.326 e.